The minimum Gasteiger partial charge on any atom is -0.489 e. The highest BCUT2D eigenvalue weighted by molar-refractivity contribution is 5.43. The molecule has 0 bridgehead atoms. The summed E-state index contributed by atoms with van der Waals surface area (Å²) in [6.45, 7) is 0.618. The number of nitrogens with two attached hydrogens (primary N) is 1. The molecule has 0 saturated heterocycles. The van der Waals surface area contributed by atoms with Crippen LogP contribution in [0.2, 0.25) is 0 Å². The number of hydrogen-bond acceptors (Lipinski definition) is 2. The first-order chi connectivity index (χ1) is 9.34. The average molecular weight is 253 g/mol. The summed E-state index contributed by atoms with van der Waals surface area (Å²) in [7, 11) is 0. The number of hydrogen-bond donors (Lipinski definition) is 1. The Morgan fingerprint density at radius 2 is 1.89 bits per heavy atom. The van der Waals surface area contributed by atoms with Gasteiger partial charge in [-0.1, -0.05) is 42.5 Å². The molecule has 19 heavy (non-hydrogen) atoms. The predicted molar refractivity (Wildman–Crippen MR) is 77.1 cm³/mol. The minimum atomic E-state index is 0.170. The Kier molecular flexibility index (Phi) is 3.51. The van der Waals surface area contributed by atoms with Crippen molar-refractivity contribution in [2.75, 3.05) is 0 Å². The van der Waals surface area contributed by atoms with Gasteiger partial charge in [-0.2, -0.15) is 0 Å². The van der Waals surface area contributed by atoms with Gasteiger partial charge in [0.05, 0.1) is 0 Å². The fourth-order valence-corrected chi connectivity index (χ4v) is 2.72. The molecule has 0 amide bonds. The van der Waals surface area contributed by atoms with Crippen molar-refractivity contribution in [3.63, 3.8) is 0 Å². The molecular weight excluding hydrogens is 234 g/mol. The summed E-state index contributed by atoms with van der Waals surface area (Å²) in [6, 6.07) is 16.7. The van der Waals surface area contributed by atoms with Crippen molar-refractivity contribution in [1.82, 2.24) is 0 Å². The molecule has 3 rings (SSSR count). The van der Waals surface area contributed by atoms with E-state index in [1.165, 1.54) is 16.7 Å². The van der Waals surface area contributed by atoms with Crippen LogP contribution < -0.4 is 10.5 Å². The average Bonchev–Trinajstić information content (AvgIpc) is 2.47. The molecule has 0 aromatic heterocycles. The van der Waals surface area contributed by atoms with Gasteiger partial charge in [-0.15, -0.1) is 0 Å². The number of rotatable bonds is 3. The zero-order valence-corrected chi connectivity index (χ0v) is 11.0. The van der Waals surface area contributed by atoms with Crippen LogP contribution in [0.3, 0.4) is 0 Å². The maximum absolute atomic E-state index is 6.17. The quantitative estimate of drug-likeness (QED) is 0.907. The van der Waals surface area contributed by atoms with Gasteiger partial charge in [-0.3, -0.25) is 0 Å². The van der Waals surface area contributed by atoms with Gasteiger partial charge in [0.25, 0.3) is 0 Å². The Bertz CT molecular complexity index is 550. The first-order valence-corrected chi connectivity index (χ1v) is 6.88. The van der Waals surface area contributed by atoms with Gasteiger partial charge < -0.3 is 10.5 Å². The number of ether oxygens (including phenoxy) is 1. The molecule has 0 heterocycles. The minimum absolute atomic E-state index is 0.170. The summed E-state index contributed by atoms with van der Waals surface area (Å²) in [6.07, 6.45) is 3.31. The zero-order valence-electron chi connectivity index (χ0n) is 11.0. The summed E-state index contributed by atoms with van der Waals surface area (Å²) in [5, 5.41) is 0. The summed E-state index contributed by atoms with van der Waals surface area (Å²) >= 11 is 0. The highest BCUT2D eigenvalue weighted by atomic mass is 16.5. The van der Waals surface area contributed by atoms with Crippen molar-refractivity contribution in [3.05, 3.63) is 65.2 Å². The van der Waals surface area contributed by atoms with Gasteiger partial charge >= 0.3 is 0 Å². The summed E-state index contributed by atoms with van der Waals surface area (Å²) in [4.78, 5) is 0. The van der Waals surface area contributed by atoms with Gasteiger partial charge in [0.1, 0.15) is 12.4 Å². The Labute approximate surface area is 114 Å². The lowest BCUT2D eigenvalue weighted by atomic mass is 9.87. The Hall–Kier alpha value is -1.80. The lowest BCUT2D eigenvalue weighted by Crippen LogP contribution is -2.18. The van der Waals surface area contributed by atoms with Crippen molar-refractivity contribution >= 4 is 0 Å². The lowest BCUT2D eigenvalue weighted by Gasteiger charge is -2.24. The molecule has 2 aromatic rings. The van der Waals surface area contributed by atoms with Crippen LogP contribution in [0, 0.1) is 0 Å². The smallest absolute Gasteiger partial charge is 0.123 e. The van der Waals surface area contributed by atoms with Crippen molar-refractivity contribution < 1.29 is 4.74 Å². The van der Waals surface area contributed by atoms with Crippen molar-refractivity contribution in [2.24, 2.45) is 5.73 Å². The lowest BCUT2D eigenvalue weighted by molar-refractivity contribution is 0.300. The zero-order chi connectivity index (χ0) is 13.1. The Morgan fingerprint density at radius 1 is 1.05 bits per heavy atom. The predicted octanol–water partition coefficient (Wildman–Crippen LogP) is 3.60. The molecule has 0 radical (unpaired) electrons. The number of fused-ring (bicyclic) bond motifs is 1. The first kappa shape index (κ1) is 12.2. The highest BCUT2D eigenvalue weighted by Gasteiger charge is 2.19. The summed E-state index contributed by atoms with van der Waals surface area (Å²) in [5.41, 5.74) is 9.93. The molecule has 0 fully saturated rings. The van der Waals surface area contributed by atoms with Crippen LogP contribution in [0.4, 0.5) is 0 Å². The molecule has 0 spiro atoms. The van der Waals surface area contributed by atoms with Crippen LogP contribution in [-0.4, -0.2) is 0 Å². The molecule has 2 aromatic carbocycles. The molecule has 0 unspecified atom stereocenters. The normalized spacial score (nSPS) is 17.8. The van der Waals surface area contributed by atoms with Crippen molar-refractivity contribution in [3.8, 4) is 5.75 Å². The monoisotopic (exact) mass is 253 g/mol. The highest BCUT2D eigenvalue weighted by Crippen LogP contribution is 2.34. The topological polar surface area (TPSA) is 35.2 Å². The van der Waals surface area contributed by atoms with E-state index in [1.807, 2.05) is 24.3 Å². The molecule has 2 nitrogen and oxygen atoms in total. The van der Waals surface area contributed by atoms with E-state index in [0.29, 0.717) is 6.61 Å². The molecule has 0 aliphatic heterocycles. The number of benzene rings is 2. The third-order valence-electron chi connectivity index (χ3n) is 3.75. The van der Waals surface area contributed by atoms with Gasteiger partial charge in [0.2, 0.25) is 0 Å². The Morgan fingerprint density at radius 3 is 2.74 bits per heavy atom. The SMILES string of the molecule is N[C@@H]1CCCc2c(OCc3ccccc3)cccc21. The van der Waals surface area contributed by atoms with Crippen LogP contribution >= 0.6 is 0 Å². The molecule has 2 heteroatoms. The van der Waals surface area contributed by atoms with Crippen LogP contribution in [0.25, 0.3) is 0 Å². The van der Waals surface area contributed by atoms with E-state index in [1.54, 1.807) is 0 Å². The van der Waals surface area contributed by atoms with E-state index in [2.05, 4.69) is 24.3 Å². The van der Waals surface area contributed by atoms with E-state index in [9.17, 15) is 0 Å². The second kappa shape index (κ2) is 5.45. The third kappa shape index (κ3) is 2.64. The van der Waals surface area contributed by atoms with Gasteiger partial charge in [-0.05, 0) is 42.0 Å². The van der Waals surface area contributed by atoms with Crippen LogP contribution in [-0.2, 0) is 13.0 Å². The van der Waals surface area contributed by atoms with E-state index >= 15 is 0 Å². The largest absolute Gasteiger partial charge is 0.489 e. The van der Waals surface area contributed by atoms with E-state index in [0.717, 1.165) is 25.0 Å². The van der Waals surface area contributed by atoms with Crippen LogP contribution in [0.1, 0.15) is 35.6 Å². The van der Waals surface area contributed by atoms with Crippen LogP contribution in [0.15, 0.2) is 48.5 Å². The molecule has 1 aliphatic carbocycles. The third-order valence-corrected chi connectivity index (χ3v) is 3.75. The second-order valence-corrected chi connectivity index (χ2v) is 5.10. The first-order valence-electron chi connectivity index (χ1n) is 6.88. The maximum Gasteiger partial charge on any atom is 0.123 e. The molecule has 0 saturated carbocycles. The van der Waals surface area contributed by atoms with E-state index in [-0.39, 0.29) is 6.04 Å². The summed E-state index contributed by atoms with van der Waals surface area (Å²) in [5.74, 6) is 0.997. The van der Waals surface area contributed by atoms with Crippen molar-refractivity contribution in [1.29, 1.82) is 0 Å². The summed E-state index contributed by atoms with van der Waals surface area (Å²) < 4.78 is 5.98. The molecule has 2 N–H and O–H groups in total. The molecule has 98 valence electrons. The Balaban J connectivity index is 1.80. The fraction of sp³-hybridized carbons (Fsp3) is 0.294. The fourth-order valence-electron chi connectivity index (χ4n) is 2.72. The standard InChI is InChI=1S/C17H19NO/c18-16-10-4-9-15-14(16)8-5-11-17(15)19-12-13-6-2-1-3-7-13/h1-3,5-8,11,16H,4,9-10,12,18H2/t16-/m1/s1. The molecule has 1 aliphatic rings. The maximum atomic E-state index is 6.17. The van der Waals surface area contributed by atoms with E-state index < -0.39 is 0 Å². The van der Waals surface area contributed by atoms with Gasteiger partial charge in [0.15, 0.2) is 0 Å². The van der Waals surface area contributed by atoms with Crippen molar-refractivity contribution in [2.45, 2.75) is 31.9 Å². The van der Waals surface area contributed by atoms with Crippen LogP contribution in [0.5, 0.6) is 5.75 Å². The second-order valence-electron chi connectivity index (χ2n) is 5.10. The molecular formula is C17H19NO. The molecule has 1 atom stereocenters. The van der Waals surface area contributed by atoms with Gasteiger partial charge in [0, 0.05) is 6.04 Å². The van der Waals surface area contributed by atoms with Gasteiger partial charge in [-0.25, -0.2) is 0 Å². The van der Waals surface area contributed by atoms with E-state index in [4.69, 9.17) is 10.5 Å².